The summed E-state index contributed by atoms with van der Waals surface area (Å²) in [4.78, 5) is 30.9. The van der Waals surface area contributed by atoms with Crippen LogP contribution in [0.1, 0.15) is 26.0 Å². The Labute approximate surface area is 165 Å². The van der Waals surface area contributed by atoms with Gasteiger partial charge in [-0.2, -0.15) is 0 Å². The first-order chi connectivity index (χ1) is 12.9. The smallest absolute Gasteiger partial charge is 0.353 e. The van der Waals surface area contributed by atoms with Gasteiger partial charge < -0.3 is 20.4 Å². The molecule has 3 aliphatic heterocycles. The lowest BCUT2D eigenvalue weighted by molar-refractivity contribution is -0.163. The first kappa shape index (κ1) is 18.7. The summed E-state index contributed by atoms with van der Waals surface area (Å²) in [6, 6.07) is -0.294. The molecule has 4 atom stereocenters. The molecule has 4 heterocycles. The Hall–Kier alpha value is -1.68. The van der Waals surface area contributed by atoms with Gasteiger partial charge in [0.15, 0.2) is 4.34 Å². The van der Waals surface area contributed by atoms with Gasteiger partial charge in [-0.25, -0.2) is 9.78 Å². The second-order valence-corrected chi connectivity index (χ2v) is 9.20. The molecule has 4 rings (SSSR count). The monoisotopic (exact) mass is 407 g/mol. The summed E-state index contributed by atoms with van der Waals surface area (Å²) < 4.78 is 0.772. The quantitative estimate of drug-likeness (QED) is 0.639. The van der Waals surface area contributed by atoms with Gasteiger partial charge in [0, 0.05) is 22.7 Å². The molecule has 1 amide bonds. The number of β-lactam (4-membered cyclic amide) rings is 1. The summed E-state index contributed by atoms with van der Waals surface area (Å²) in [6.07, 6.45) is 2.26. The summed E-state index contributed by atoms with van der Waals surface area (Å²) in [5.41, 5.74) is 2.18. The van der Waals surface area contributed by atoms with Crippen molar-refractivity contribution in [2.24, 2.45) is 11.8 Å². The number of rotatable bonds is 5. The van der Waals surface area contributed by atoms with Gasteiger partial charge in [-0.1, -0.05) is 24.8 Å². The van der Waals surface area contributed by atoms with Crippen LogP contribution in [-0.4, -0.2) is 57.2 Å². The van der Waals surface area contributed by atoms with Crippen LogP contribution >= 0.6 is 23.1 Å². The Bertz CT molecular complexity index is 861. The normalized spacial score (nSPS) is 28.7. The van der Waals surface area contributed by atoms with Crippen molar-refractivity contribution in [2.75, 3.05) is 13.1 Å². The van der Waals surface area contributed by atoms with Crippen LogP contribution in [0.2, 0.25) is 0 Å². The van der Waals surface area contributed by atoms with E-state index < -0.39 is 18.0 Å². The van der Waals surface area contributed by atoms with Crippen LogP contribution in [-0.2, 0) is 9.59 Å². The molecule has 0 bridgehead atoms. The maximum atomic E-state index is 12.4. The molecule has 3 aliphatic rings. The fourth-order valence-corrected chi connectivity index (χ4v) is 6.17. The summed E-state index contributed by atoms with van der Waals surface area (Å²) in [5.74, 6) is -2.11. The molecule has 1 saturated heterocycles. The fourth-order valence-electron chi connectivity index (χ4n) is 4.06. The maximum Gasteiger partial charge on any atom is 0.353 e. The zero-order chi connectivity index (χ0) is 19.3. The number of carboxylic acid groups (broad SMARTS) is 1. The number of nitrogens with zero attached hydrogens (tertiary/aromatic N) is 2. The molecule has 9 heteroatoms. The molecule has 1 aromatic rings. The van der Waals surface area contributed by atoms with Gasteiger partial charge in [0.1, 0.15) is 5.70 Å². The van der Waals surface area contributed by atoms with Gasteiger partial charge in [0.25, 0.3) is 0 Å². The molecular weight excluding hydrogens is 386 g/mol. The third kappa shape index (κ3) is 3.02. The Morgan fingerprint density at radius 2 is 2.30 bits per heavy atom. The second-order valence-electron chi connectivity index (χ2n) is 7.06. The van der Waals surface area contributed by atoms with Crippen LogP contribution in [0.25, 0.3) is 5.57 Å². The first-order valence-electron chi connectivity index (χ1n) is 8.92. The Morgan fingerprint density at radius 3 is 2.93 bits per heavy atom. The van der Waals surface area contributed by atoms with Crippen LogP contribution in [0.4, 0.5) is 0 Å². The second kappa shape index (κ2) is 7.05. The Morgan fingerprint density at radius 1 is 1.52 bits per heavy atom. The molecule has 1 aromatic heterocycles. The lowest BCUT2D eigenvalue weighted by atomic mass is 9.79. The van der Waals surface area contributed by atoms with E-state index in [-0.39, 0.29) is 23.6 Å². The lowest BCUT2D eigenvalue weighted by Gasteiger charge is -2.46. The number of fused-ring (bicyclic) bond motifs is 1. The highest BCUT2D eigenvalue weighted by molar-refractivity contribution is 8.04. The molecule has 3 N–H and O–H groups in total. The molecule has 0 radical (unpaired) electrons. The van der Waals surface area contributed by atoms with Crippen molar-refractivity contribution in [2.45, 2.75) is 36.8 Å². The number of aliphatic hydroxyl groups is 1. The average molecular weight is 408 g/mol. The Balaban J connectivity index is 1.61. The van der Waals surface area contributed by atoms with Crippen LogP contribution in [0.3, 0.4) is 0 Å². The van der Waals surface area contributed by atoms with Gasteiger partial charge in [0.2, 0.25) is 5.91 Å². The van der Waals surface area contributed by atoms with Crippen molar-refractivity contribution in [3.63, 3.8) is 0 Å². The van der Waals surface area contributed by atoms with Crippen LogP contribution in [0.15, 0.2) is 26.4 Å². The number of thioether (sulfide) groups is 1. The number of amides is 1. The summed E-state index contributed by atoms with van der Waals surface area (Å²) in [5, 5.41) is 24.9. The first-order valence-corrected chi connectivity index (χ1v) is 10.6. The molecule has 7 nitrogen and oxygen atoms in total. The fraction of sp³-hybridized carbons (Fsp3) is 0.500. The van der Waals surface area contributed by atoms with Gasteiger partial charge in [-0.15, -0.1) is 11.3 Å². The van der Waals surface area contributed by atoms with E-state index >= 15 is 0 Å². The third-order valence-corrected chi connectivity index (χ3v) is 7.61. The third-order valence-electron chi connectivity index (χ3n) is 5.38. The molecular formula is C18H21N3O4S2. The highest BCUT2D eigenvalue weighted by Crippen LogP contribution is 2.52. The zero-order valence-electron chi connectivity index (χ0n) is 15.0. The molecule has 0 aromatic carbocycles. The maximum absolute atomic E-state index is 12.4. The molecule has 4 unspecified atom stereocenters. The van der Waals surface area contributed by atoms with Crippen molar-refractivity contribution >= 4 is 40.5 Å². The van der Waals surface area contributed by atoms with E-state index in [4.69, 9.17) is 0 Å². The molecule has 0 aliphatic carbocycles. The molecule has 27 heavy (non-hydrogen) atoms. The van der Waals surface area contributed by atoms with Crippen LogP contribution < -0.4 is 5.32 Å². The van der Waals surface area contributed by atoms with Gasteiger partial charge >= 0.3 is 5.97 Å². The number of thiazole rings is 1. The van der Waals surface area contributed by atoms with Crippen molar-refractivity contribution in [3.05, 3.63) is 27.8 Å². The van der Waals surface area contributed by atoms with E-state index in [1.807, 2.05) is 12.3 Å². The summed E-state index contributed by atoms with van der Waals surface area (Å²) in [7, 11) is 0. The van der Waals surface area contributed by atoms with E-state index in [2.05, 4.69) is 16.4 Å². The number of carboxylic acids is 1. The molecule has 144 valence electrons. The number of carbonyl (C=O) groups is 2. The number of aliphatic hydroxyl groups excluding tert-OH is 1. The van der Waals surface area contributed by atoms with Gasteiger partial charge in [0.05, 0.1) is 23.8 Å². The predicted octanol–water partition coefficient (Wildman–Crippen LogP) is 1.77. The average Bonchev–Trinajstić information content (AvgIpc) is 3.18. The van der Waals surface area contributed by atoms with Gasteiger partial charge in [-0.05, 0) is 25.5 Å². The minimum Gasteiger partial charge on any atom is -0.477 e. The molecule has 0 spiro atoms. The van der Waals surface area contributed by atoms with E-state index in [0.717, 1.165) is 29.5 Å². The molecule has 1 fully saturated rings. The minimum absolute atomic E-state index is 0.0391. The van der Waals surface area contributed by atoms with E-state index in [1.54, 1.807) is 6.92 Å². The largest absolute Gasteiger partial charge is 0.477 e. The van der Waals surface area contributed by atoms with Crippen molar-refractivity contribution in [3.8, 4) is 0 Å². The molecule has 0 saturated carbocycles. The zero-order valence-corrected chi connectivity index (χ0v) is 16.6. The number of carbonyl (C=O) groups excluding carboxylic acids is 1. The predicted molar refractivity (Wildman–Crippen MR) is 103 cm³/mol. The summed E-state index contributed by atoms with van der Waals surface area (Å²) in [6.45, 7) is 5.26. The van der Waals surface area contributed by atoms with E-state index in [9.17, 15) is 19.8 Å². The minimum atomic E-state index is -1.11. The van der Waals surface area contributed by atoms with Crippen molar-refractivity contribution in [1.29, 1.82) is 0 Å². The number of nitrogens with one attached hydrogen (secondary N) is 1. The SMILES string of the molecule is CC(O)C1C(=O)N2C(C(=O)O)=C(Sc3nc(C4=CCNCC4)cs3)C(C)C12. The highest BCUT2D eigenvalue weighted by atomic mass is 32.2. The van der Waals surface area contributed by atoms with Crippen molar-refractivity contribution < 1.29 is 19.8 Å². The van der Waals surface area contributed by atoms with E-state index in [0.29, 0.717) is 4.91 Å². The lowest BCUT2D eigenvalue weighted by Crippen LogP contribution is -2.63. The number of hydrogen-bond donors (Lipinski definition) is 3. The number of aromatic nitrogens is 1. The topological polar surface area (TPSA) is 103 Å². The van der Waals surface area contributed by atoms with Crippen LogP contribution in [0, 0.1) is 11.8 Å². The van der Waals surface area contributed by atoms with Gasteiger partial charge in [-0.3, -0.25) is 4.79 Å². The van der Waals surface area contributed by atoms with Crippen LogP contribution in [0.5, 0.6) is 0 Å². The number of aliphatic carboxylic acids is 1. The Kier molecular flexibility index (Phi) is 4.87. The van der Waals surface area contributed by atoms with Crippen molar-refractivity contribution in [1.82, 2.24) is 15.2 Å². The van der Waals surface area contributed by atoms with E-state index in [1.165, 1.54) is 33.6 Å². The highest BCUT2D eigenvalue weighted by Gasteiger charge is 2.60. The standard InChI is InChI=1S/C18H21N3O4S2/c1-8-13-12(9(2)22)16(23)21(13)14(17(24)25)15(8)27-18-20-11(7-26-18)10-3-5-19-6-4-10/h3,7-9,12-13,19,22H,4-6H2,1-2H3,(H,24,25). The summed E-state index contributed by atoms with van der Waals surface area (Å²) >= 11 is 2.82. The number of hydrogen-bond acceptors (Lipinski definition) is 7.